The van der Waals surface area contributed by atoms with Gasteiger partial charge < -0.3 is 0 Å². The van der Waals surface area contributed by atoms with Gasteiger partial charge in [0.25, 0.3) is 0 Å². The van der Waals surface area contributed by atoms with Crippen LogP contribution in [-0.4, -0.2) is 19.8 Å². The van der Waals surface area contributed by atoms with E-state index in [0.29, 0.717) is 10.9 Å². The molecular formula is C14H19Cl2NO2S. The highest BCUT2D eigenvalue weighted by molar-refractivity contribution is 7.89. The molecule has 1 aromatic carbocycles. The molecule has 2 unspecified atom stereocenters. The third kappa shape index (κ3) is 3.67. The van der Waals surface area contributed by atoms with E-state index in [9.17, 15) is 8.42 Å². The fourth-order valence-corrected chi connectivity index (χ4v) is 5.01. The Morgan fingerprint density at radius 1 is 1.45 bits per heavy atom. The summed E-state index contributed by atoms with van der Waals surface area (Å²) < 4.78 is 27.8. The molecule has 1 saturated carbocycles. The van der Waals surface area contributed by atoms with Crippen molar-refractivity contribution in [2.75, 3.05) is 5.88 Å². The van der Waals surface area contributed by atoms with Gasteiger partial charge in [0.05, 0.1) is 4.90 Å². The van der Waals surface area contributed by atoms with Crippen molar-refractivity contribution in [2.24, 2.45) is 5.92 Å². The average Bonchev–Trinajstić information content (AvgIpc) is 2.38. The van der Waals surface area contributed by atoms with Crippen LogP contribution in [0.4, 0.5) is 0 Å². The zero-order chi connectivity index (χ0) is 14.8. The molecule has 3 nitrogen and oxygen atoms in total. The number of nitrogens with one attached hydrogen (secondary N) is 1. The second-order valence-electron chi connectivity index (χ2n) is 5.68. The summed E-state index contributed by atoms with van der Waals surface area (Å²) in [5.41, 5.74) is -0.541. The van der Waals surface area contributed by atoms with Gasteiger partial charge in [-0.1, -0.05) is 37.4 Å². The highest BCUT2D eigenvalue weighted by Gasteiger charge is 2.38. The largest absolute Gasteiger partial charge is 0.241 e. The van der Waals surface area contributed by atoms with Crippen molar-refractivity contribution in [2.45, 2.75) is 43.0 Å². The predicted octanol–water partition coefficient (Wildman–Crippen LogP) is 3.81. The van der Waals surface area contributed by atoms with E-state index in [1.165, 1.54) is 6.07 Å². The van der Waals surface area contributed by atoms with E-state index < -0.39 is 15.6 Å². The molecule has 1 N–H and O–H groups in total. The molecule has 1 fully saturated rings. The Labute approximate surface area is 130 Å². The molecule has 0 heterocycles. The van der Waals surface area contributed by atoms with Gasteiger partial charge in [0.1, 0.15) is 0 Å². The maximum atomic E-state index is 12.5. The van der Waals surface area contributed by atoms with Crippen molar-refractivity contribution in [3.63, 3.8) is 0 Å². The Morgan fingerprint density at radius 2 is 2.20 bits per heavy atom. The number of halogens is 2. The van der Waals surface area contributed by atoms with Gasteiger partial charge in [0.15, 0.2) is 0 Å². The van der Waals surface area contributed by atoms with Gasteiger partial charge in [-0.15, -0.1) is 11.6 Å². The Balaban J connectivity index is 2.26. The minimum Gasteiger partial charge on any atom is -0.207 e. The second-order valence-corrected chi connectivity index (χ2v) is 8.06. The molecule has 1 aliphatic rings. The number of hydrogen-bond acceptors (Lipinski definition) is 2. The molecule has 2 rings (SSSR count). The fraction of sp³-hybridized carbons (Fsp3) is 0.571. The molecule has 20 heavy (non-hydrogen) atoms. The molecule has 0 bridgehead atoms. The average molecular weight is 336 g/mol. The summed E-state index contributed by atoms with van der Waals surface area (Å²) in [5, 5.41) is 0.407. The van der Waals surface area contributed by atoms with Crippen LogP contribution in [-0.2, 0) is 10.0 Å². The van der Waals surface area contributed by atoms with E-state index in [4.69, 9.17) is 23.2 Å². The molecule has 0 aliphatic heterocycles. The van der Waals surface area contributed by atoms with Crippen LogP contribution in [0.5, 0.6) is 0 Å². The van der Waals surface area contributed by atoms with Gasteiger partial charge in [-0.3, -0.25) is 0 Å². The lowest BCUT2D eigenvalue weighted by Crippen LogP contribution is -2.52. The minimum atomic E-state index is -3.60. The van der Waals surface area contributed by atoms with Crippen LogP contribution in [0.1, 0.15) is 32.6 Å². The van der Waals surface area contributed by atoms with Crippen molar-refractivity contribution in [3.05, 3.63) is 29.3 Å². The van der Waals surface area contributed by atoms with E-state index in [2.05, 4.69) is 11.6 Å². The molecule has 1 aliphatic carbocycles. The van der Waals surface area contributed by atoms with Crippen LogP contribution in [0.25, 0.3) is 0 Å². The lowest BCUT2D eigenvalue weighted by atomic mass is 9.78. The minimum absolute atomic E-state index is 0.188. The van der Waals surface area contributed by atoms with E-state index >= 15 is 0 Å². The number of sulfonamides is 1. The van der Waals surface area contributed by atoms with E-state index in [0.717, 1.165) is 25.7 Å². The normalized spacial score (nSPS) is 27.4. The van der Waals surface area contributed by atoms with Crippen molar-refractivity contribution in [1.82, 2.24) is 4.72 Å². The first-order chi connectivity index (χ1) is 9.37. The van der Waals surface area contributed by atoms with Gasteiger partial charge in [-0.25, -0.2) is 13.1 Å². The van der Waals surface area contributed by atoms with Crippen LogP contribution in [0.3, 0.4) is 0 Å². The van der Waals surface area contributed by atoms with Gasteiger partial charge in [-0.2, -0.15) is 0 Å². The van der Waals surface area contributed by atoms with E-state index in [1.54, 1.807) is 18.2 Å². The summed E-state index contributed by atoms with van der Waals surface area (Å²) in [5.74, 6) is 0.765. The summed E-state index contributed by atoms with van der Waals surface area (Å²) in [7, 11) is -3.60. The predicted molar refractivity (Wildman–Crippen MR) is 82.9 cm³/mol. The summed E-state index contributed by atoms with van der Waals surface area (Å²) in [6.45, 7) is 2.13. The summed E-state index contributed by atoms with van der Waals surface area (Å²) in [6, 6.07) is 6.29. The monoisotopic (exact) mass is 335 g/mol. The first kappa shape index (κ1) is 16.1. The van der Waals surface area contributed by atoms with Crippen LogP contribution in [0.2, 0.25) is 5.02 Å². The van der Waals surface area contributed by atoms with Crippen LogP contribution < -0.4 is 4.72 Å². The molecule has 0 saturated heterocycles. The van der Waals surface area contributed by atoms with Crippen molar-refractivity contribution in [1.29, 1.82) is 0 Å². The zero-order valence-electron chi connectivity index (χ0n) is 11.4. The number of rotatable bonds is 4. The number of benzene rings is 1. The Kier molecular flexibility index (Phi) is 5.00. The van der Waals surface area contributed by atoms with Crippen LogP contribution in [0.15, 0.2) is 29.2 Å². The standard InChI is InChI=1S/C14H19Cl2NO2S/c1-11-4-3-7-14(9-11,10-15)17-20(18,19)13-6-2-5-12(16)8-13/h2,5-6,8,11,17H,3-4,7,9-10H2,1H3. The lowest BCUT2D eigenvalue weighted by Gasteiger charge is -2.39. The van der Waals surface area contributed by atoms with Gasteiger partial charge in [-0.05, 0) is 37.0 Å². The molecule has 2 atom stereocenters. The van der Waals surface area contributed by atoms with Crippen molar-refractivity contribution in [3.8, 4) is 0 Å². The Morgan fingerprint density at radius 3 is 2.80 bits per heavy atom. The first-order valence-electron chi connectivity index (χ1n) is 6.72. The number of alkyl halides is 1. The SMILES string of the molecule is CC1CCCC(CCl)(NS(=O)(=O)c2cccc(Cl)c2)C1. The Bertz CT molecular complexity index is 576. The van der Waals surface area contributed by atoms with Crippen LogP contribution in [0, 0.1) is 5.92 Å². The molecule has 0 amide bonds. The maximum Gasteiger partial charge on any atom is 0.241 e. The van der Waals surface area contributed by atoms with Gasteiger partial charge >= 0.3 is 0 Å². The molecule has 0 spiro atoms. The molecule has 0 radical (unpaired) electrons. The smallest absolute Gasteiger partial charge is 0.207 e. The lowest BCUT2D eigenvalue weighted by molar-refractivity contribution is 0.239. The molecule has 0 aromatic heterocycles. The summed E-state index contributed by atoms with van der Waals surface area (Å²) >= 11 is 11.9. The third-order valence-corrected chi connectivity index (χ3v) is 6.13. The summed E-state index contributed by atoms with van der Waals surface area (Å²) in [6.07, 6.45) is 3.67. The molecule has 112 valence electrons. The van der Waals surface area contributed by atoms with Gasteiger partial charge in [0, 0.05) is 16.4 Å². The second kappa shape index (κ2) is 6.22. The van der Waals surface area contributed by atoms with Crippen LogP contribution >= 0.6 is 23.2 Å². The molecule has 1 aromatic rings. The van der Waals surface area contributed by atoms with E-state index in [-0.39, 0.29) is 10.8 Å². The van der Waals surface area contributed by atoms with Crippen molar-refractivity contribution < 1.29 is 8.42 Å². The fourth-order valence-electron chi connectivity index (χ4n) is 2.88. The highest BCUT2D eigenvalue weighted by atomic mass is 35.5. The van der Waals surface area contributed by atoms with E-state index in [1.807, 2.05) is 0 Å². The first-order valence-corrected chi connectivity index (χ1v) is 9.12. The maximum absolute atomic E-state index is 12.5. The third-order valence-electron chi connectivity index (χ3n) is 3.80. The highest BCUT2D eigenvalue weighted by Crippen LogP contribution is 2.34. The van der Waals surface area contributed by atoms with Gasteiger partial charge in [0.2, 0.25) is 10.0 Å². The molecule has 6 heteroatoms. The van der Waals surface area contributed by atoms with Crippen molar-refractivity contribution >= 4 is 33.2 Å². The number of hydrogen-bond donors (Lipinski definition) is 1. The quantitative estimate of drug-likeness (QED) is 0.850. The summed E-state index contributed by atoms with van der Waals surface area (Å²) in [4.78, 5) is 0.188. The zero-order valence-corrected chi connectivity index (χ0v) is 13.7. The Hall–Kier alpha value is -0.290. The molecular weight excluding hydrogens is 317 g/mol. The topological polar surface area (TPSA) is 46.2 Å².